The summed E-state index contributed by atoms with van der Waals surface area (Å²) < 4.78 is 236. The molecule has 0 aliphatic heterocycles. The number of nitrogens with one attached hydrogen (secondary N) is 2. The number of halogens is 12. The molecule has 0 saturated heterocycles. The van der Waals surface area contributed by atoms with Crippen LogP contribution in [0.3, 0.4) is 0 Å². The van der Waals surface area contributed by atoms with Gasteiger partial charge < -0.3 is 30.3 Å². The minimum atomic E-state index is -5.64. The van der Waals surface area contributed by atoms with Crippen LogP contribution in [0.4, 0.5) is 86.8 Å². The molecule has 0 heterocycles. The van der Waals surface area contributed by atoms with Crippen molar-refractivity contribution in [2.24, 2.45) is 0 Å². The van der Waals surface area contributed by atoms with Crippen molar-refractivity contribution in [3.63, 3.8) is 0 Å². The number of hydrogen-bond donors (Lipinski definition) is 3. The Kier molecular flexibility index (Phi) is 41.3. The second-order valence-corrected chi connectivity index (χ2v) is 16.4. The van der Waals surface area contributed by atoms with Gasteiger partial charge in [-0.25, -0.2) is 0 Å². The molecule has 0 atom stereocenters. The average molecular weight is 1170 g/mol. The van der Waals surface area contributed by atoms with E-state index in [1.54, 1.807) is 16.9 Å². The van der Waals surface area contributed by atoms with E-state index in [1.807, 2.05) is 55.7 Å². The third-order valence-electron chi connectivity index (χ3n) is 7.29. The molecule has 418 valence electrons. The van der Waals surface area contributed by atoms with Crippen LogP contribution in [-0.2, 0) is 50.8 Å². The van der Waals surface area contributed by atoms with Gasteiger partial charge in [-0.2, -0.15) is 47.9 Å². The third-order valence-corrected chi connectivity index (χ3v) is 9.52. The van der Waals surface area contributed by atoms with Crippen molar-refractivity contribution in [1.82, 2.24) is 0 Å². The molecule has 0 aliphatic carbocycles. The first-order valence-electron chi connectivity index (χ1n) is 19.1. The number of aliphatic carboxylic acids is 1. The largest absolute Gasteiger partial charge is 1.00 e. The van der Waals surface area contributed by atoms with Crippen LogP contribution in [0.25, 0.3) is 0 Å². The number of carboxylic acid groups (broad SMARTS) is 1. The van der Waals surface area contributed by atoms with Crippen molar-refractivity contribution >= 4 is 81.4 Å². The number of benzene rings is 3. The Balaban J connectivity index is -0.000000194. The predicted molar refractivity (Wildman–Crippen MR) is 242 cm³/mol. The van der Waals surface area contributed by atoms with Gasteiger partial charge in [0, 0.05) is 68.0 Å². The second-order valence-electron chi connectivity index (χ2n) is 12.2. The summed E-state index contributed by atoms with van der Waals surface area (Å²) in [4.78, 5) is 15.0. The minimum Gasteiger partial charge on any atom is -0.550 e. The van der Waals surface area contributed by atoms with Gasteiger partial charge in [-0.15, -0.1) is 51.6 Å². The fourth-order valence-electron chi connectivity index (χ4n) is 4.58. The van der Waals surface area contributed by atoms with Gasteiger partial charge >= 0.3 is 94.6 Å². The maximum atomic E-state index is 12.2. The average Bonchev–Trinajstić information content (AvgIpc) is 3.17. The number of nitrogens with two attached hydrogens (primary N) is 1. The molecule has 3 aromatic carbocycles. The Morgan fingerprint density at radius 2 is 0.767 bits per heavy atom. The second kappa shape index (κ2) is 37.8. The van der Waals surface area contributed by atoms with Crippen LogP contribution in [-0.4, -0.2) is 111 Å². The number of carbonyl (C=O) groups excluding carboxylic acids is 1. The number of anilines is 6. The van der Waals surface area contributed by atoms with Crippen LogP contribution in [0, 0.1) is 0 Å². The van der Waals surface area contributed by atoms with Crippen LogP contribution < -0.4 is 64.5 Å². The Hall–Kier alpha value is -4.81. The molecule has 73 heavy (non-hydrogen) atoms. The minimum absolute atomic E-state index is 0. The summed E-state index contributed by atoms with van der Waals surface area (Å²) in [6.45, 7) is 17.6. The van der Waals surface area contributed by atoms with Gasteiger partial charge in [-0.05, 0) is 103 Å². The fourth-order valence-corrected chi connectivity index (χ4v) is 5.68. The quantitative estimate of drug-likeness (QED) is 0.123. The van der Waals surface area contributed by atoms with E-state index in [-0.39, 0.29) is 48.4 Å². The SMILES string of the molecule is C.CC(=O)[O-].CCN(CC)c1cccc(N)c1.CCN(CC)c1cccc(NS(=O)(=O)C(F)(F)F)c1.CCN(CC)c1cccc(NS(=O)(=O)C(F)(F)F)c1.FC(F)(F)OC(F)(F)F.O=S(=O)=O.O=S(=O)=O.[Na+]. The maximum absolute atomic E-state index is 12.2. The van der Waals surface area contributed by atoms with Crippen molar-refractivity contribution in [2.45, 2.75) is 79.6 Å². The summed E-state index contributed by atoms with van der Waals surface area (Å²) in [6.07, 6.45) is -11.3. The predicted octanol–water partition coefficient (Wildman–Crippen LogP) is 4.13. The molecule has 3 rings (SSSR count). The summed E-state index contributed by atoms with van der Waals surface area (Å²) in [5, 5.41) is 8.89. The normalized spacial score (nSPS) is 10.7. The van der Waals surface area contributed by atoms with Crippen molar-refractivity contribution in [1.29, 1.82) is 0 Å². The summed E-state index contributed by atoms with van der Waals surface area (Å²) in [5.74, 6) is -1.08. The van der Waals surface area contributed by atoms with E-state index < -0.39 is 71.0 Å². The summed E-state index contributed by atoms with van der Waals surface area (Å²) in [6, 6.07) is 19.7. The Labute approximate surface area is 439 Å². The number of nitrogens with zero attached hydrogens (tertiary/aromatic N) is 3. The smallest absolute Gasteiger partial charge is 0.550 e. The molecule has 4 N–H and O–H groups in total. The van der Waals surface area contributed by atoms with Crippen LogP contribution in [0.5, 0.6) is 0 Å². The molecule has 0 aromatic heterocycles. The first kappa shape index (κ1) is 79.6. The van der Waals surface area contributed by atoms with E-state index in [0.717, 1.165) is 25.7 Å². The van der Waals surface area contributed by atoms with Crippen molar-refractivity contribution in [3.8, 4) is 0 Å². The Morgan fingerprint density at radius 3 is 0.945 bits per heavy atom. The van der Waals surface area contributed by atoms with Gasteiger partial charge in [0.1, 0.15) is 0 Å². The molecule has 0 saturated carbocycles. The molecule has 0 bridgehead atoms. The molecule has 0 fully saturated rings. The topological polar surface area (TPSA) is 280 Å². The standard InChI is InChI=1S/2C11H15F3N2O2S.C10H16N2.C2F6O.C2H4O2.CH4.Na.2O3S/c2*1-3-16(4-2)10-7-5-6-9(8-10)15-19(17,18)11(12,13)14;1-3-12(4-2)10-7-5-6-9(11)8-10;3-1(4,5)9-2(6,7)8;1-2(3)4;;;2*1-4(2)3/h2*5-8,15H,3-4H2,1-2H3;5-8H,3-4,11H2,1-2H3;;1H3,(H,3,4);1H4;;;/q;;;;;;+1;;/p-1. The molecule has 0 aliphatic rings. The molecule has 3 aromatic rings. The molecule has 36 heteroatoms. The Morgan fingerprint density at radius 1 is 0.548 bits per heavy atom. The fraction of sp³-hybridized carbons (Fsp3) is 0.486. The van der Waals surface area contributed by atoms with Crippen LogP contribution >= 0.6 is 0 Å². The number of rotatable bonds is 13. The summed E-state index contributed by atoms with van der Waals surface area (Å²) in [7, 11) is -17.0. The zero-order chi connectivity index (χ0) is 56.8. The van der Waals surface area contributed by atoms with Crippen molar-refractivity contribution in [3.05, 3.63) is 72.8 Å². The monoisotopic (exact) mass is 1170 g/mol. The number of carboxylic acids is 1. The number of alkyl halides is 12. The van der Waals surface area contributed by atoms with Crippen LogP contribution in [0.2, 0.25) is 0 Å². The first-order valence-corrected chi connectivity index (χ1v) is 24.1. The number of carbonyl (C=O) groups is 1. The number of ether oxygens (including phenoxy) is 1. The van der Waals surface area contributed by atoms with E-state index in [2.05, 4.69) is 24.8 Å². The summed E-state index contributed by atoms with van der Waals surface area (Å²) >= 11 is 0. The van der Waals surface area contributed by atoms with Crippen LogP contribution in [0.1, 0.15) is 55.9 Å². The number of nitrogen functional groups attached to an aromatic ring is 1. The van der Waals surface area contributed by atoms with E-state index in [4.69, 9.17) is 40.9 Å². The molecular weight excluding hydrogens is 1120 g/mol. The zero-order valence-corrected chi connectivity index (χ0v) is 44.3. The molecule has 19 nitrogen and oxygen atoms in total. The first-order chi connectivity index (χ1) is 32.1. The Bertz CT molecular complexity index is 2330. The molecular formula is C37H53F12N6NaO13S4. The molecule has 0 spiro atoms. The van der Waals surface area contributed by atoms with Crippen molar-refractivity contribution in [2.75, 3.05) is 69.1 Å². The van der Waals surface area contributed by atoms with Gasteiger partial charge in [0.25, 0.3) is 0 Å². The van der Waals surface area contributed by atoms with Gasteiger partial charge in [0.05, 0.1) is 11.4 Å². The third kappa shape index (κ3) is 41.3. The zero-order valence-electron chi connectivity index (χ0n) is 39.1. The van der Waals surface area contributed by atoms with Gasteiger partial charge in [0.2, 0.25) is 0 Å². The van der Waals surface area contributed by atoms with E-state index in [0.29, 0.717) is 37.6 Å². The summed E-state index contributed by atoms with van der Waals surface area (Å²) in [5.41, 5.74) is -1.82. The van der Waals surface area contributed by atoms with E-state index in [9.17, 15) is 69.5 Å². The molecule has 0 unspecified atom stereocenters. The molecule has 0 radical (unpaired) electrons. The van der Waals surface area contributed by atoms with Gasteiger partial charge in [-0.1, -0.05) is 25.6 Å². The van der Waals surface area contributed by atoms with Crippen molar-refractivity contribution < 1.29 is 139 Å². The van der Waals surface area contributed by atoms with Crippen LogP contribution in [0.15, 0.2) is 72.8 Å². The van der Waals surface area contributed by atoms with E-state index in [1.165, 1.54) is 51.5 Å². The van der Waals surface area contributed by atoms with E-state index >= 15 is 0 Å². The maximum Gasteiger partial charge on any atom is 1.00 e. The number of sulfonamides is 2. The van der Waals surface area contributed by atoms with Gasteiger partial charge in [-0.3, -0.25) is 9.44 Å². The van der Waals surface area contributed by atoms with Gasteiger partial charge in [0.15, 0.2) is 0 Å². The molecule has 0 amide bonds. The number of hydrogen-bond acceptors (Lipinski definition) is 17.